The predicted molar refractivity (Wildman–Crippen MR) is 173 cm³/mol. The normalized spacial score (nSPS) is 11.5. The molecule has 0 aliphatic carbocycles. The minimum Gasteiger partial charge on any atom is -0.192 e. The van der Waals surface area contributed by atoms with Gasteiger partial charge in [-0.15, -0.1) is 11.3 Å². The van der Waals surface area contributed by atoms with E-state index in [0.717, 1.165) is 11.1 Å². The van der Waals surface area contributed by atoms with Crippen LogP contribution in [0.15, 0.2) is 152 Å². The molecule has 1 nitrogen and oxygen atoms in total. The van der Waals surface area contributed by atoms with Gasteiger partial charge in [0.2, 0.25) is 0 Å². The molecule has 188 valence electrons. The Labute approximate surface area is 239 Å². The van der Waals surface area contributed by atoms with Crippen LogP contribution in [0.25, 0.3) is 31.3 Å². The van der Waals surface area contributed by atoms with Gasteiger partial charge in [-0.3, -0.25) is 0 Å². The standard InChI is InChI=1S/C37H25NSSi/c38-26-28-13-7-8-20-32(28)27-14-11-19-31(25-27)40(29-15-3-1-4-16-29,30-17-5-2-6-18-30)36-24-12-23-35-37(36)33-21-9-10-22-34(33)39-35/h1-25H. The number of fused-ring (bicyclic) bond motifs is 3. The monoisotopic (exact) mass is 543 g/mol. The van der Waals surface area contributed by atoms with Gasteiger partial charge in [0, 0.05) is 20.2 Å². The molecule has 3 heteroatoms. The predicted octanol–water partition coefficient (Wildman–Crippen LogP) is 6.97. The smallest absolute Gasteiger partial charge is 0.180 e. The van der Waals surface area contributed by atoms with Crippen LogP contribution in [0.3, 0.4) is 0 Å². The molecule has 40 heavy (non-hydrogen) atoms. The number of hydrogen-bond donors (Lipinski definition) is 0. The Balaban J connectivity index is 1.65. The van der Waals surface area contributed by atoms with Crippen LogP contribution in [0.1, 0.15) is 5.56 Å². The van der Waals surface area contributed by atoms with E-state index in [-0.39, 0.29) is 0 Å². The molecule has 0 fully saturated rings. The van der Waals surface area contributed by atoms with Gasteiger partial charge in [0.15, 0.2) is 8.07 Å². The van der Waals surface area contributed by atoms with Crippen molar-refractivity contribution in [3.05, 3.63) is 157 Å². The summed E-state index contributed by atoms with van der Waals surface area (Å²) in [6, 6.07) is 57.0. The fraction of sp³-hybridized carbons (Fsp3) is 0. The van der Waals surface area contributed by atoms with Gasteiger partial charge >= 0.3 is 0 Å². The Morgan fingerprint density at radius 2 is 1.12 bits per heavy atom. The lowest BCUT2D eigenvalue weighted by Crippen LogP contribution is -2.74. The lowest BCUT2D eigenvalue weighted by molar-refractivity contribution is 1.48. The molecule has 7 rings (SSSR count). The second kappa shape index (κ2) is 10.1. The minimum atomic E-state index is -2.81. The molecular formula is C37H25NSSi. The van der Waals surface area contributed by atoms with E-state index < -0.39 is 8.07 Å². The summed E-state index contributed by atoms with van der Waals surface area (Å²) in [5, 5.41) is 17.9. The summed E-state index contributed by atoms with van der Waals surface area (Å²) >= 11 is 1.87. The molecule has 0 aliphatic rings. The number of hydrogen-bond acceptors (Lipinski definition) is 2. The summed E-state index contributed by atoms with van der Waals surface area (Å²) in [5.74, 6) is 0. The molecule has 0 spiro atoms. The Hall–Kier alpha value is -4.75. The van der Waals surface area contributed by atoms with Crippen molar-refractivity contribution in [2.24, 2.45) is 0 Å². The first-order valence-electron chi connectivity index (χ1n) is 13.4. The molecule has 0 saturated heterocycles. The van der Waals surface area contributed by atoms with E-state index in [1.807, 2.05) is 29.5 Å². The molecule has 0 radical (unpaired) electrons. The van der Waals surface area contributed by atoms with Gasteiger partial charge in [0.25, 0.3) is 0 Å². The third-order valence-corrected chi connectivity index (χ3v) is 13.8. The zero-order valence-electron chi connectivity index (χ0n) is 21.8. The summed E-state index contributed by atoms with van der Waals surface area (Å²) in [5.41, 5.74) is 2.73. The maximum absolute atomic E-state index is 9.90. The zero-order chi connectivity index (χ0) is 26.9. The first-order chi connectivity index (χ1) is 19.8. The zero-order valence-corrected chi connectivity index (χ0v) is 23.6. The van der Waals surface area contributed by atoms with Crippen LogP contribution in [0, 0.1) is 11.3 Å². The van der Waals surface area contributed by atoms with Crippen molar-refractivity contribution >= 4 is 60.3 Å². The number of nitrogens with zero attached hydrogens (tertiary/aromatic N) is 1. The second-order valence-corrected chi connectivity index (χ2v) is 14.9. The van der Waals surface area contributed by atoms with Crippen molar-refractivity contribution < 1.29 is 0 Å². The van der Waals surface area contributed by atoms with Crippen molar-refractivity contribution in [2.45, 2.75) is 0 Å². The van der Waals surface area contributed by atoms with Gasteiger partial charge in [0.05, 0.1) is 11.6 Å². The van der Waals surface area contributed by atoms with E-state index in [4.69, 9.17) is 0 Å². The van der Waals surface area contributed by atoms with Gasteiger partial charge in [-0.05, 0) is 50.1 Å². The molecule has 7 aromatic rings. The quantitative estimate of drug-likeness (QED) is 0.170. The topological polar surface area (TPSA) is 23.8 Å². The van der Waals surface area contributed by atoms with Gasteiger partial charge in [0.1, 0.15) is 0 Å². The summed E-state index contributed by atoms with van der Waals surface area (Å²) < 4.78 is 2.62. The summed E-state index contributed by atoms with van der Waals surface area (Å²) in [6.45, 7) is 0. The molecule has 0 aliphatic heterocycles. The average molecular weight is 544 g/mol. The van der Waals surface area contributed by atoms with Crippen molar-refractivity contribution in [3.8, 4) is 17.2 Å². The Morgan fingerprint density at radius 3 is 1.88 bits per heavy atom. The van der Waals surface area contributed by atoms with Crippen LogP contribution in [-0.4, -0.2) is 8.07 Å². The van der Waals surface area contributed by atoms with Crippen LogP contribution >= 0.6 is 11.3 Å². The molecule has 0 bridgehead atoms. The van der Waals surface area contributed by atoms with Crippen LogP contribution < -0.4 is 20.7 Å². The number of nitriles is 1. The van der Waals surface area contributed by atoms with Gasteiger partial charge in [-0.25, -0.2) is 0 Å². The molecule has 1 heterocycles. The highest BCUT2D eigenvalue weighted by Crippen LogP contribution is 2.34. The number of thiophene rings is 1. The van der Waals surface area contributed by atoms with E-state index in [1.54, 1.807) is 0 Å². The lowest BCUT2D eigenvalue weighted by atomic mass is 10.0. The third kappa shape index (κ3) is 3.81. The van der Waals surface area contributed by atoms with Gasteiger partial charge in [-0.1, -0.05) is 133 Å². The van der Waals surface area contributed by atoms with Gasteiger partial charge < -0.3 is 0 Å². The first-order valence-corrected chi connectivity index (χ1v) is 16.2. The molecule has 6 aromatic carbocycles. The molecular weight excluding hydrogens is 519 g/mol. The Bertz CT molecular complexity index is 1980. The maximum Gasteiger partial charge on any atom is 0.180 e. The molecule has 1 aromatic heterocycles. The maximum atomic E-state index is 9.90. The van der Waals surface area contributed by atoms with Crippen LogP contribution in [-0.2, 0) is 0 Å². The van der Waals surface area contributed by atoms with Crippen molar-refractivity contribution in [1.82, 2.24) is 0 Å². The van der Waals surface area contributed by atoms with E-state index in [1.165, 1.54) is 40.9 Å². The van der Waals surface area contributed by atoms with E-state index in [9.17, 15) is 5.26 Å². The average Bonchev–Trinajstić information content (AvgIpc) is 3.42. The van der Waals surface area contributed by atoms with E-state index in [0.29, 0.717) is 5.56 Å². The van der Waals surface area contributed by atoms with Crippen molar-refractivity contribution in [1.29, 1.82) is 5.26 Å². The van der Waals surface area contributed by atoms with Crippen molar-refractivity contribution in [2.75, 3.05) is 0 Å². The highest BCUT2D eigenvalue weighted by Gasteiger charge is 2.43. The van der Waals surface area contributed by atoms with Gasteiger partial charge in [-0.2, -0.15) is 5.26 Å². The third-order valence-electron chi connectivity index (χ3n) is 7.87. The Kier molecular flexibility index (Phi) is 6.13. The van der Waals surface area contributed by atoms with Crippen LogP contribution in [0.5, 0.6) is 0 Å². The number of rotatable bonds is 5. The molecule has 0 unspecified atom stereocenters. The molecule has 0 amide bonds. The Morgan fingerprint density at radius 1 is 0.525 bits per heavy atom. The highest BCUT2D eigenvalue weighted by atomic mass is 32.1. The van der Waals surface area contributed by atoms with E-state index in [2.05, 4.69) is 140 Å². The molecule has 0 saturated carbocycles. The molecule has 0 N–H and O–H groups in total. The number of benzene rings is 6. The van der Waals surface area contributed by atoms with Crippen molar-refractivity contribution in [3.63, 3.8) is 0 Å². The van der Waals surface area contributed by atoms with Crippen LogP contribution in [0.2, 0.25) is 0 Å². The summed E-state index contributed by atoms with van der Waals surface area (Å²) in [4.78, 5) is 0. The van der Waals surface area contributed by atoms with Crippen LogP contribution in [0.4, 0.5) is 0 Å². The summed E-state index contributed by atoms with van der Waals surface area (Å²) in [7, 11) is -2.81. The second-order valence-electron chi connectivity index (χ2n) is 10.00. The molecule has 0 atom stereocenters. The fourth-order valence-electron chi connectivity index (χ4n) is 6.18. The summed E-state index contributed by atoms with van der Waals surface area (Å²) in [6.07, 6.45) is 0. The highest BCUT2D eigenvalue weighted by molar-refractivity contribution is 7.27. The lowest BCUT2D eigenvalue weighted by Gasteiger charge is -2.35. The fourth-order valence-corrected chi connectivity index (χ4v) is 12.4. The largest absolute Gasteiger partial charge is 0.192 e. The van der Waals surface area contributed by atoms with E-state index >= 15 is 0 Å². The first kappa shape index (κ1) is 24.3. The minimum absolute atomic E-state index is 0.692. The SMILES string of the molecule is N#Cc1ccccc1-c1cccc([Si](c2ccccc2)(c2ccccc2)c2cccc3sc4ccccc4c23)c1.